The first kappa shape index (κ1) is 23.4. The number of nitrogens with one attached hydrogen (secondary N) is 3. The van der Waals surface area contributed by atoms with Crippen molar-refractivity contribution in [3.05, 3.63) is 88.8 Å². The second-order valence-electron chi connectivity index (χ2n) is 9.01. The average molecular weight is 487 g/mol. The van der Waals surface area contributed by atoms with E-state index in [4.69, 9.17) is 0 Å². The summed E-state index contributed by atoms with van der Waals surface area (Å²) in [5, 5.41) is 15.7. The van der Waals surface area contributed by atoms with Gasteiger partial charge in [-0.05, 0) is 49.1 Å². The molecule has 5 rings (SSSR count). The molecule has 0 aliphatic carbocycles. The van der Waals surface area contributed by atoms with E-state index in [2.05, 4.69) is 15.6 Å². The van der Waals surface area contributed by atoms with Crippen molar-refractivity contribution < 1.29 is 19.1 Å². The highest BCUT2D eigenvalue weighted by Gasteiger charge is 2.28. The van der Waals surface area contributed by atoms with E-state index in [1.807, 2.05) is 4.90 Å². The number of hydrogen-bond donors (Lipinski definition) is 4. The number of aromatic amines is 1. The Labute approximate surface area is 208 Å². The molecule has 0 radical (unpaired) electrons. The maximum Gasteiger partial charge on any atom is 0.256 e. The first-order chi connectivity index (χ1) is 17.4. The Morgan fingerprint density at radius 3 is 2.67 bits per heavy atom. The van der Waals surface area contributed by atoms with Gasteiger partial charge < -0.3 is 25.6 Å². The minimum Gasteiger partial charge on any atom is -0.509 e. The van der Waals surface area contributed by atoms with Crippen molar-refractivity contribution in [2.75, 3.05) is 25.0 Å². The fraction of sp³-hybridized carbons (Fsp3) is 0.214. The number of H-pyrrole nitrogens is 1. The van der Waals surface area contributed by atoms with Gasteiger partial charge in [-0.25, -0.2) is 4.39 Å². The van der Waals surface area contributed by atoms with E-state index >= 15 is 0 Å². The fourth-order valence-corrected chi connectivity index (χ4v) is 4.73. The van der Waals surface area contributed by atoms with Crippen LogP contribution in [-0.4, -0.2) is 46.4 Å². The lowest BCUT2D eigenvalue weighted by atomic mass is 9.94. The maximum atomic E-state index is 14.6. The predicted molar refractivity (Wildman–Crippen MR) is 138 cm³/mol. The largest absolute Gasteiger partial charge is 0.509 e. The number of aliphatic hydroxyl groups is 1. The summed E-state index contributed by atoms with van der Waals surface area (Å²) in [7, 11) is 0. The summed E-state index contributed by atoms with van der Waals surface area (Å²) in [6.07, 6.45) is 7.14. The number of benzene rings is 2. The molecule has 0 spiro atoms. The summed E-state index contributed by atoms with van der Waals surface area (Å²) in [6, 6.07) is 11.8. The Bertz CT molecular complexity index is 1400. The lowest BCUT2D eigenvalue weighted by molar-refractivity contribution is -0.110. The van der Waals surface area contributed by atoms with Crippen LogP contribution in [0.3, 0.4) is 0 Å². The third kappa shape index (κ3) is 4.49. The second-order valence-corrected chi connectivity index (χ2v) is 9.01. The number of halogens is 1. The van der Waals surface area contributed by atoms with Crippen LogP contribution >= 0.6 is 0 Å². The number of rotatable bonds is 6. The molecule has 2 aliphatic rings. The normalized spacial score (nSPS) is 16.4. The summed E-state index contributed by atoms with van der Waals surface area (Å²) in [6.45, 7) is 3.62. The van der Waals surface area contributed by atoms with Crippen LogP contribution in [0, 0.1) is 12.7 Å². The molecule has 0 atom stereocenters. The van der Waals surface area contributed by atoms with Crippen LogP contribution in [0.25, 0.3) is 22.8 Å². The van der Waals surface area contributed by atoms with Gasteiger partial charge in [-0.3, -0.25) is 9.59 Å². The lowest BCUT2D eigenvalue weighted by Crippen LogP contribution is -2.26. The Morgan fingerprint density at radius 1 is 1.14 bits per heavy atom. The molecule has 3 aromatic rings. The Morgan fingerprint density at radius 2 is 1.89 bits per heavy atom. The molecular weight excluding hydrogens is 459 g/mol. The summed E-state index contributed by atoms with van der Waals surface area (Å²) < 4.78 is 14.6. The number of aliphatic hydroxyl groups excluding tert-OH is 1. The molecule has 2 aliphatic heterocycles. The molecule has 3 heterocycles. The van der Waals surface area contributed by atoms with Crippen LogP contribution in [-0.2, 0) is 4.79 Å². The molecule has 0 saturated carbocycles. The minimum atomic E-state index is -0.373. The van der Waals surface area contributed by atoms with Gasteiger partial charge in [0.2, 0.25) is 0 Å². The fourth-order valence-electron chi connectivity index (χ4n) is 4.73. The number of hydrogen-bond acceptors (Lipinski definition) is 4. The lowest BCUT2D eigenvalue weighted by Gasteiger charge is -2.12. The third-order valence-electron chi connectivity index (χ3n) is 6.61. The van der Waals surface area contributed by atoms with Gasteiger partial charge in [0, 0.05) is 48.0 Å². The first-order valence-electron chi connectivity index (χ1n) is 11.9. The molecule has 2 aromatic carbocycles. The van der Waals surface area contributed by atoms with E-state index in [0.29, 0.717) is 44.8 Å². The number of likely N-dealkylation sites (tertiary alicyclic amines) is 1. The number of amides is 2. The molecule has 2 amide bonds. The van der Waals surface area contributed by atoms with Crippen molar-refractivity contribution in [1.29, 1.82) is 0 Å². The molecule has 1 saturated heterocycles. The van der Waals surface area contributed by atoms with E-state index in [1.54, 1.807) is 61.8 Å². The summed E-state index contributed by atoms with van der Waals surface area (Å²) >= 11 is 0. The molecule has 1 aromatic heterocycles. The smallest absolute Gasteiger partial charge is 0.256 e. The summed E-state index contributed by atoms with van der Waals surface area (Å²) in [5.41, 5.74) is 4.29. The van der Waals surface area contributed by atoms with Gasteiger partial charge in [0.1, 0.15) is 11.6 Å². The Balaban J connectivity index is 1.41. The van der Waals surface area contributed by atoms with E-state index in [-0.39, 0.29) is 29.9 Å². The van der Waals surface area contributed by atoms with Crippen LogP contribution in [0.15, 0.2) is 60.6 Å². The standard InChI is InChI=1S/C28H27FN4O3/c1-17-22(27(35)31-14-18(34)16-33-11-4-5-12-33)15-30-25(17)13-21-26-20(19-7-2-3-9-23(19)29)8-6-10-24(26)32-28(21)36/h2-3,6-10,13,15-16,30,34H,4-5,11-12,14H2,1H3,(H,31,35)(H,32,36)/b18-16-,21-13-. The number of carbonyl (C=O) groups excluding carboxylic acids is 2. The van der Waals surface area contributed by atoms with Gasteiger partial charge in [-0.15, -0.1) is 0 Å². The van der Waals surface area contributed by atoms with Crippen molar-refractivity contribution in [1.82, 2.24) is 15.2 Å². The van der Waals surface area contributed by atoms with Crippen molar-refractivity contribution in [3.8, 4) is 11.1 Å². The van der Waals surface area contributed by atoms with Crippen molar-refractivity contribution >= 4 is 29.2 Å². The molecule has 7 nitrogen and oxygen atoms in total. The van der Waals surface area contributed by atoms with Crippen molar-refractivity contribution in [2.24, 2.45) is 0 Å². The van der Waals surface area contributed by atoms with E-state index in [9.17, 15) is 19.1 Å². The number of aromatic nitrogens is 1. The van der Waals surface area contributed by atoms with Gasteiger partial charge in [0.25, 0.3) is 11.8 Å². The zero-order chi connectivity index (χ0) is 25.2. The molecule has 0 bridgehead atoms. The van der Waals surface area contributed by atoms with Crippen LogP contribution in [0.1, 0.15) is 40.0 Å². The maximum absolute atomic E-state index is 14.6. The minimum absolute atomic E-state index is 0.0259. The van der Waals surface area contributed by atoms with Crippen LogP contribution in [0.5, 0.6) is 0 Å². The summed E-state index contributed by atoms with van der Waals surface area (Å²) in [5.74, 6) is -0.911. The van der Waals surface area contributed by atoms with Gasteiger partial charge in [-0.2, -0.15) is 0 Å². The van der Waals surface area contributed by atoms with E-state index < -0.39 is 0 Å². The SMILES string of the molecule is Cc1c(C(=O)NC/C(O)=C/N2CCCC2)c[nH]c1/C=C1\C(=O)Nc2cccc(-c3ccccc3F)c21. The zero-order valence-corrected chi connectivity index (χ0v) is 19.9. The number of fused-ring (bicyclic) bond motifs is 1. The molecule has 36 heavy (non-hydrogen) atoms. The topological polar surface area (TPSA) is 97.5 Å². The Hall–Kier alpha value is -4.33. The number of carbonyl (C=O) groups is 2. The van der Waals surface area contributed by atoms with Crippen molar-refractivity contribution in [2.45, 2.75) is 19.8 Å². The second kappa shape index (κ2) is 9.73. The quantitative estimate of drug-likeness (QED) is 0.296. The molecule has 184 valence electrons. The van der Waals surface area contributed by atoms with Crippen molar-refractivity contribution in [3.63, 3.8) is 0 Å². The molecule has 1 fully saturated rings. The third-order valence-corrected chi connectivity index (χ3v) is 6.61. The molecule has 4 N–H and O–H groups in total. The monoisotopic (exact) mass is 486 g/mol. The van der Waals surface area contributed by atoms with Crippen LogP contribution in [0.4, 0.5) is 10.1 Å². The zero-order valence-electron chi connectivity index (χ0n) is 19.9. The molecule has 0 unspecified atom stereocenters. The van der Waals surface area contributed by atoms with E-state index in [0.717, 1.165) is 25.9 Å². The Kier molecular flexibility index (Phi) is 6.33. The van der Waals surface area contributed by atoms with Gasteiger partial charge in [0.05, 0.1) is 17.7 Å². The highest BCUT2D eigenvalue weighted by atomic mass is 19.1. The van der Waals surface area contributed by atoms with Crippen LogP contribution < -0.4 is 10.6 Å². The van der Waals surface area contributed by atoms with Gasteiger partial charge in [0.15, 0.2) is 0 Å². The number of nitrogens with zero attached hydrogens (tertiary/aromatic N) is 1. The highest BCUT2D eigenvalue weighted by Crippen LogP contribution is 2.41. The predicted octanol–water partition coefficient (Wildman–Crippen LogP) is 4.85. The highest BCUT2D eigenvalue weighted by molar-refractivity contribution is 6.36. The molecule has 8 heteroatoms. The van der Waals surface area contributed by atoms with Gasteiger partial charge in [-0.1, -0.05) is 30.3 Å². The summed E-state index contributed by atoms with van der Waals surface area (Å²) in [4.78, 5) is 30.8. The van der Waals surface area contributed by atoms with Gasteiger partial charge >= 0.3 is 0 Å². The molecular formula is C28H27FN4O3. The average Bonchev–Trinajstić information content (AvgIpc) is 3.58. The van der Waals surface area contributed by atoms with E-state index in [1.165, 1.54) is 6.07 Å². The first-order valence-corrected chi connectivity index (χ1v) is 11.9. The van der Waals surface area contributed by atoms with Crippen LogP contribution in [0.2, 0.25) is 0 Å². The number of anilines is 1.